The highest BCUT2D eigenvalue weighted by molar-refractivity contribution is 7.16. The molecule has 0 amide bonds. The number of benzene rings is 2. The summed E-state index contributed by atoms with van der Waals surface area (Å²) in [7, 11) is 0. The Morgan fingerprint density at radius 3 is 2.75 bits per heavy atom. The van der Waals surface area contributed by atoms with E-state index >= 15 is 0 Å². The fourth-order valence-electron chi connectivity index (χ4n) is 4.29. The summed E-state index contributed by atoms with van der Waals surface area (Å²) in [5.74, 6) is 0.787. The van der Waals surface area contributed by atoms with Crippen LogP contribution in [0.4, 0.5) is 5.82 Å². The molecule has 4 heterocycles. The number of anilines is 1. The van der Waals surface area contributed by atoms with E-state index in [1.807, 2.05) is 24.4 Å². The number of aromatic nitrogens is 6. The van der Waals surface area contributed by atoms with Crippen LogP contribution >= 0.6 is 22.9 Å². The number of nitrogen functional groups attached to an aromatic ring is 1. The van der Waals surface area contributed by atoms with Crippen molar-refractivity contribution in [1.82, 2.24) is 29.3 Å². The van der Waals surface area contributed by atoms with Crippen molar-refractivity contribution >= 4 is 50.0 Å². The molecule has 178 valence electrons. The molecular formula is C25H18ClN7O2S. The Morgan fingerprint density at radius 2 is 1.94 bits per heavy atom. The first-order valence-electron chi connectivity index (χ1n) is 10.9. The van der Waals surface area contributed by atoms with E-state index in [1.54, 1.807) is 41.1 Å². The molecule has 4 aromatic heterocycles. The molecule has 3 N–H and O–H groups in total. The van der Waals surface area contributed by atoms with Crippen molar-refractivity contribution in [2.75, 3.05) is 5.73 Å². The number of nitrogens with zero attached hydrogens (tertiary/aromatic N) is 6. The average Bonchev–Trinajstić information content (AvgIpc) is 3.42. The molecule has 0 aliphatic heterocycles. The van der Waals surface area contributed by atoms with E-state index in [1.165, 1.54) is 22.2 Å². The molecular weight excluding hydrogens is 498 g/mol. The highest BCUT2D eigenvalue weighted by Gasteiger charge is 2.22. The molecule has 11 heteroatoms. The minimum Gasteiger partial charge on any atom is -0.508 e. The summed E-state index contributed by atoms with van der Waals surface area (Å²) < 4.78 is 3.16. The number of halogens is 1. The molecule has 6 aromatic rings. The van der Waals surface area contributed by atoms with Crippen molar-refractivity contribution in [1.29, 1.82) is 0 Å². The van der Waals surface area contributed by atoms with Gasteiger partial charge in [-0.15, -0.1) is 11.3 Å². The molecule has 0 aliphatic carbocycles. The number of hydrogen-bond acceptors (Lipinski definition) is 8. The van der Waals surface area contributed by atoms with Crippen LogP contribution in [0.5, 0.6) is 5.75 Å². The second-order valence-electron chi connectivity index (χ2n) is 8.23. The quantitative estimate of drug-likeness (QED) is 0.353. The first-order chi connectivity index (χ1) is 17.4. The summed E-state index contributed by atoms with van der Waals surface area (Å²) in [6.45, 7) is 2.00. The summed E-state index contributed by atoms with van der Waals surface area (Å²) in [4.78, 5) is 27.8. The van der Waals surface area contributed by atoms with Crippen LogP contribution in [-0.2, 0) is 6.54 Å². The summed E-state index contributed by atoms with van der Waals surface area (Å²) in [5.41, 5.74) is 9.04. The second kappa shape index (κ2) is 8.43. The third-order valence-electron chi connectivity index (χ3n) is 5.92. The van der Waals surface area contributed by atoms with Crippen molar-refractivity contribution in [2.45, 2.75) is 13.5 Å². The molecule has 0 radical (unpaired) electrons. The Hall–Kier alpha value is -4.28. The molecule has 0 saturated carbocycles. The SMILES string of the molecule is Cc1csc2nc(Cn3nc(-c4cccc(O)c4)c4c(N)ncnc43)n(-c3ccccc3Cl)c(=O)c12. The third kappa shape index (κ3) is 3.50. The number of phenols is 1. The Balaban J connectivity index is 1.61. The molecule has 0 spiro atoms. The van der Waals surface area contributed by atoms with Crippen LogP contribution in [0, 0.1) is 6.92 Å². The molecule has 36 heavy (non-hydrogen) atoms. The number of aryl methyl sites for hydroxylation is 1. The molecule has 6 rings (SSSR count). The second-order valence-corrected chi connectivity index (χ2v) is 9.50. The van der Waals surface area contributed by atoms with Crippen molar-refractivity contribution in [3.63, 3.8) is 0 Å². The van der Waals surface area contributed by atoms with E-state index in [0.717, 1.165) is 5.56 Å². The fourth-order valence-corrected chi connectivity index (χ4v) is 5.44. The molecule has 2 aromatic carbocycles. The highest BCUT2D eigenvalue weighted by atomic mass is 35.5. The fraction of sp³-hybridized carbons (Fsp3) is 0.0800. The normalized spacial score (nSPS) is 11.5. The van der Waals surface area contributed by atoms with Crippen LogP contribution in [0.2, 0.25) is 5.02 Å². The van der Waals surface area contributed by atoms with Gasteiger partial charge in [0.05, 0.1) is 21.5 Å². The van der Waals surface area contributed by atoms with Crippen molar-refractivity contribution in [3.8, 4) is 22.7 Å². The Morgan fingerprint density at radius 1 is 1.11 bits per heavy atom. The van der Waals surface area contributed by atoms with Gasteiger partial charge in [0.1, 0.15) is 40.8 Å². The molecule has 9 nitrogen and oxygen atoms in total. The Labute approximate surface area is 213 Å². The van der Waals surface area contributed by atoms with Gasteiger partial charge in [0.15, 0.2) is 5.65 Å². The van der Waals surface area contributed by atoms with E-state index < -0.39 is 0 Å². The predicted octanol–water partition coefficient (Wildman–Crippen LogP) is 4.55. The zero-order valence-corrected chi connectivity index (χ0v) is 20.5. The van der Waals surface area contributed by atoms with Gasteiger partial charge in [0.25, 0.3) is 5.56 Å². The topological polar surface area (TPSA) is 125 Å². The van der Waals surface area contributed by atoms with Gasteiger partial charge in [0, 0.05) is 5.56 Å². The van der Waals surface area contributed by atoms with Crippen molar-refractivity contribution < 1.29 is 5.11 Å². The molecule has 0 bridgehead atoms. The van der Waals surface area contributed by atoms with E-state index in [-0.39, 0.29) is 23.7 Å². The van der Waals surface area contributed by atoms with Crippen molar-refractivity contribution in [2.24, 2.45) is 0 Å². The number of rotatable bonds is 4. The number of fused-ring (bicyclic) bond motifs is 2. The van der Waals surface area contributed by atoms with Gasteiger partial charge in [-0.05, 0) is 42.1 Å². The number of hydrogen-bond donors (Lipinski definition) is 2. The van der Waals surface area contributed by atoms with Crippen LogP contribution in [0.3, 0.4) is 0 Å². The van der Waals surface area contributed by atoms with Gasteiger partial charge in [-0.25, -0.2) is 19.6 Å². The average molecular weight is 516 g/mol. The summed E-state index contributed by atoms with van der Waals surface area (Å²) in [6.07, 6.45) is 1.36. The lowest BCUT2D eigenvalue weighted by molar-refractivity contribution is 0.475. The van der Waals surface area contributed by atoms with Gasteiger partial charge in [-0.2, -0.15) is 5.10 Å². The molecule has 0 unspecified atom stereocenters. The van der Waals surface area contributed by atoms with Gasteiger partial charge in [-0.1, -0.05) is 35.9 Å². The summed E-state index contributed by atoms with van der Waals surface area (Å²) in [6, 6.07) is 13.8. The van der Waals surface area contributed by atoms with E-state index in [9.17, 15) is 9.90 Å². The summed E-state index contributed by atoms with van der Waals surface area (Å²) in [5, 5.41) is 18.2. The van der Waals surface area contributed by atoms with E-state index in [4.69, 9.17) is 27.4 Å². The first kappa shape index (κ1) is 22.2. The zero-order chi connectivity index (χ0) is 25.0. The first-order valence-corrected chi connectivity index (χ1v) is 12.2. The van der Waals surface area contributed by atoms with Gasteiger partial charge in [0.2, 0.25) is 0 Å². The number of aromatic hydroxyl groups is 1. The van der Waals surface area contributed by atoms with Gasteiger partial charge < -0.3 is 10.8 Å². The molecule has 0 saturated heterocycles. The number of nitrogens with two attached hydrogens (primary N) is 1. The number of thiophene rings is 1. The maximum absolute atomic E-state index is 13.7. The highest BCUT2D eigenvalue weighted by Crippen LogP contribution is 2.32. The van der Waals surface area contributed by atoms with E-state index in [0.29, 0.717) is 49.0 Å². The minimum absolute atomic E-state index is 0.0957. The number of para-hydroxylation sites is 1. The number of phenolic OH excluding ortho intramolecular Hbond substituents is 1. The Kier molecular flexibility index (Phi) is 5.20. The monoisotopic (exact) mass is 515 g/mol. The lowest BCUT2D eigenvalue weighted by atomic mass is 10.1. The smallest absolute Gasteiger partial charge is 0.267 e. The lowest BCUT2D eigenvalue weighted by Crippen LogP contribution is -2.25. The third-order valence-corrected chi connectivity index (χ3v) is 7.23. The van der Waals surface area contributed by atoms with Crippen LogP contribution in [0.25, 0.3) is 38.2 Å². The van der Waals surface area contributed by atoms with Gasteiger partial charge in [-0.3, -0.25) is 9.36 Å². The Bertz CT molecular complexity index is 1860. The largest absolute Gasteiger partial charge is 0.508 e. The maximum atomic E-state index is 13.7. The lowest BCUT2D eigenvalue weighted by Gasteiger charge is -2.14. The molecule has 0 fully saturated rings. The van der Waals surface area contributed by atoms with Crippen LogP contribution in [-0.4, -0.2) is 34.4 Å². The van der Waals surface area contributed by atoms with E-state index in [2.05, 4.69) is 9.97 Å². The molecule has 0 atom stereocenters. The zero-order valence-electron chi connectivity index (χ0n) is 18.9. The van der Waals surface area contributed by atoms with Crippen LogP contribution in [0.15, 0.2) is 65.0 Å². The van der Waals surface area contributed by atoms with Crippen LogP contribution in [0.1, 0.15) is 11.4 Å². The standard InChI is InChI=1S/C25H18ClN7O2S/c1-13-11-36-24-19(13)25(35)33(17-8-3-2-7-16(17)26)18(30-24)10-32-23-20(22(27)28-12-29-23)21(31-32)14-5-4-6-15(34)9-14/h2-9,11-12,34H,10H2,1H3,(H2,27,28,29). The van der Waals surface area contributed by atoms with Crippen LogP contribution < -0.4 is 11.3 Å². The maximum Gasteiger partial charge on any atom is 0.267 e. The summed E-state index contributed by atoms with van der Waals surface area (Å²) >= 11 is 7.93. The predicted molar refractivity (Wildman–Crippen MR) is 141 cm³/mol. The minimum atomic E-state index is -0.208. The van der Waals surface area contributed by atoms with Crippen molar-refractivity contribution in [3.05, 3.63) is 87.0 Å². The van der Waals surface area contributed by atoms with Gasteiger partial charge >= 0.3 is 0 Å². The molecule has 0 aliphatic rings.